The highest BCUT2D eigenvalue weighted by Gasteiger charge is 2.66. The summed E-state index contributed by atoms with van der Waals surface area (Å²) >= 11 is 7.54. The van der Waals surface area contributed by atoms with E-state index in [1.807, 2.05) is 0 Å². The first kappa shape index (κ1) is 16.4. The molecule has 0 aromatic heterocycles. The largest absolute Gasteiger partial charge is 0.492 e. The Kier molecular flexibility index (Phi) is 4.61. The molecule has 0 aliphatic heterocycles. The lowest BCUT2D eigenvalue weighted by Crippen LogP contribution is -2.01. The van der Waals surface area contributed by atoms with Crippen LogP contribution in [0, 0.1) is 16.7 Å². The number of alkyl halides is 1. The normalized spacial score (nSPS) is 21.6. The van der Waals surface area contributed by atoms with Crippen molar-refractivity contribution in [3.63, 3.8) is 0 Å². The third-order valence-electron chi connectivity index (χ3n) is 5.16. The van der Waals surface area contributed by atoms with E-state index >= 15 is 0 Å². The van der Waals surface area contributed by atoms with E-state index in [1.54, 1.807) is 0 Å². The molecule has 1 aliphatic rings. The molecular formula is C17H24Br2O. The van der Waals surface area contributed by atoms with Crippen molar-refractivity contribution in [1.82, 2.24) is 0 Å². The van der Waals surface area contributed by atoms with E-state index < -0.39 is 0 Å². The summed E-state index contributed by atoms with van der Waals surface area (Å²) in [5, 5.41) is 0. The molecule has 1 aromatic rings. The Hall–Kier alpha value is -0.0200. The van der Waals surface area contributed by atoms with Crippen molar-refractivity contribution >= 4 is 31.9 Å². The molecule has 0 amide bonds. The summed E-state index contributed by atoms with van der Waals surface area (Å²) < 4.78 is 6.76. The molecule has 1 aliphatic carbocycles. The van der Waals surface area contributed by atoms with Crippen LogP contribution in [0.3, 0.4) is 0 Å². The number of halogens is 2. The number of ether oxygens (including phenoxy) is 1. The molecule has 0 radical (unpaired) electrons. The topological polar surface area (TPSA) is 9.23 Å². The molecule has 0 spiro atoms. The van der Waals surface area contributed by atoms with Gasteiger partial charge in [0.25, 0.3) is 0 Å². The molecule has 112 valence electrons. The van der Waals surface area contributed by atoms with Gasteiger partial charge in [0.05, 0.1) is 11.1 Å². The van der Waals surface area contributed by atoms with Gasteiger partial charge in [-0.2, -0.15) is 0 Å². The number of hydrogen-bond acceptors (Lipinski definition) is 1. The predicted octanol–water partition coefficient (Wildman–Crippen LogP) is 6.36. The summed E-state index contributed by atoms with van der Waals surface area (Å²) in [5.74, 6) is 1.59. The van der Waals surface area contributed by atoms with E-state index in [0.717, 1.165) is 23.2 Å². The quantitative estimate of drug-likeness (QED) is 0.520. The lowest BCUT2D eigenvalue weighted by atomic mass is 10.0. The van der Waals surface area contributed by atoms with Gasteiger partial charge in [-0.15, -0.1) is 0 Å². The molecule has 0 bridgehead atoms. The highest BCUT2D eigenvalue weighted by molar-refractivity contribution is 9.10. The maximum absolute atomic E-state index is 5.72. The molecule has 1 unspecified atom stereocenters. The average Bonchev–Trinajstić information content (AvgIpc) is 2.77. The Bertz CT molecular complexity index is 480. The summed E-state index contributed by atoms with van der Waals surface area (Å²) in [7, 11) is 0. The van der Waals surface area contributed by atoms with Crippen molar-refractivity contribution < 1.29 is 4.74 Å². The van der Waals surface area contributed by atoms with Crippen LogP contribution in [0.2, 0.25) is 0 Å². The van der Waals surface area contributed by atoms with Gasteiger partial charge in [0.1, 0.15) is 5.75 Å². The Morgan fingerprint density at radius 1 is 1.20 bits per heavy atom. The lowest BCUT2D eigenvalue weighted by Gasteiger charge is -2.15. The molecule has 1 nitrogen and oxygen atoms in total. The third-order valence-corrected chi connectivity index (χ3v) is 6.84. The fourth-order valence-electron chi connectivity index (χ4n) is 3.19. The molecule has 1 atom stereocenters. The monoisotopic (exact) mass is 402 g/mol. The lowest BCUT2D eigenvalue weighted by molar-refractivity contribution is 0.315. The zero-order valence-corrected chi connectivity index (χ0v) is 16.1. The van der Waals surface area contributed by atoms with Gasteiger partial charge in [0, 0.05) is 4.83 Å². The smallest absolute Gasteiger partial charge is 0.133 e. The fraction of sp³-hybridized carbons (Fsp3) is 0.647. The van der Waals surface area contributed by atoms with Gasteiger partial charge in [-0.1, -0.05) is 56.6 Å². The van der Waals surface area contributed by atoms with Crippen LogP contribution in [-0.4, -0.2) is 6.61 Å². The van der Waals surface area contributed by atoms with E-state index in [0.29, 0.717) is 21.6 Å². The highest BCUT2D eigenvalue weighted by atomic mass is 79.9. The van der Waals surface area contributed by atoms with Crippen LogP contribution in [0.15, 0.2) is 22.7 Å². The van der Waals surface area contributed by atoms with Crippen LogP contribution in [0.1, 0.15) is 51.4 Å². The Balaban J connectivity index is 2.17. The number of rotatable bonds is 5. The van der Waals surface area contributed by atoms with Gasteiger partial charge in [-0.05, 0) is 56.8 Å². The molecule has 1 fully saturated rings. The maximum Gasteiger partial charge on any atom is 0.133 e. The van der Waals surface area contributed by atoms with Crippen LogP contribution in [-0.2, 0) is 0 Å². The summed E-state index contributed by atoms with van der Waals surface area (Å²) in [6, 6.07) is 6.44. The number of hydrogen-bond donors (Lipinski definition) is 0. The molecular weight excluding hydrogens is 380 g/mol. The van der Waals surface area contributed by atoms with Gasteiger partial charge in [0.15, 0.2) is 0 Å². The summed E-state index contributed by atoms with van der Waals surface area (Å²) in [6.45, 7) is 12.3. The van der Waals surface area contributed by atoms with Crippen LogP contribution < -0.4 is 4.74 Å². The van der Waals surface area contributed by atoms with Gasteiger partial charge in [-0.3, -0.25) is 0 Å². The zero-order chi connectivity index (χ0) is 15.1. The molecule has 0 N–H and O–H groups in total. The standard InChI is InChI=1S/C17H24Br2O/c1-6-9-20-13-8-7-11(10-12(13)18)14(19)15-16(2,3)17(15,4)5/h7-8,10,14-15H,6,9H2,1-5H3. The van der Waals surface area contributed by atoms with Crippen LogP contribution in [0.4, 0.5) is 0 Å². The molecule has 2 rings (SSSR count). The minimum atomic E-state index is 0.380. The van der Waals surface area contributed by atoms with Crippen molar-refractivity contribution in [2.24, 2.45) is 16.7 Å². The van der Waals surface area contributed by atoms with E-state index in [-0.39, 0.29) is 0 Å². The maximum atomic E-state index is 5.72. The molecule has 0 heterocycles. The van der Waals surface area contributed by atoms with E-state index in [4.69, 9.17) is 4.74 Å². The van der Waals surface area contributed by atoms with Crippen molar-refractivity contribution in [3.05, 3.63) is 28.2 Å². The summed E-state index contributed by atoms with van der Waals surface area (Å²) in [5.41, 5.74) is 2.08. The highest BCUT2D eigenvalue weighted by Crippen LogP contribution is 2.74. The second-order valence-corrected chi connectivity index (χ2v) is 8.70. The second kappa shape index (κ2) is 5.64. The predicted molar refractivity (Wildman–Crippen MR) is 92.6 cm³/mol. The minimum absolute atomic E-state index is 0.380. The van der Waals surface area contributed by atoms with Gasteiger partial charge in [0.2, 0.25) is 0 Å². The second-order valence-electron chi connectivity index (χ2n) is 6.86. The SMILES string of the molecule is CCCOc1ccc(C(Br)C2C(C)(C)C2(C)C)cc1Br. The van der Waals surface area contributed by atoms with Crippen LogP contribution in [0.5, 0.6) is 5.75 Å². The Morgan fingerprint density at radius 2 is 1.80 bits per heavy atom. The van der Waals surface area contributed by atoms with Crippen LogP contribution in [0.25, 0.3) is 0 Å². The van der Waals surface area contributed by atoms with Crippen molar-refractivity contribution in [2.45, 2.75) is 45.9 Å². The summed E-state index contributed by atoms with van der Waals surface area (Å²) in [6.07, 6.45) is 1.03. The molecule has 1 aromatic carbocycles. The van der Waals surface area contributed by atoms with Crippen molar-refractivity contribution in [3.8, 4) is 5.75 Å². The third kappa shape index (κ3) is 2.68. The zero-order valence-electron chi connectivity index (χ0n) is 13.0. The summed E-state index contributed by atoms with van der Waals surface area (Å²) in [4.78, 5) is 0.393. The Labute approximate surface area is 139 Å². The van der Waals surface area contributed by atoms with Gasteiger partial charge in [-0.25, -0.2) is 0 Å². The molecule has 1 saturated carbocycles. The molecule has 20 heavy (non-hydrogen) atoms. The van der Waals surface area contributed by atoms with E-state index in [9.17, 15) is 0 Å². The van der Waals surface area contributed by atoms with Crippen molar-refractivity contribution in [2.75, 3.05) is 6.61 Å². The number of benzene rings is 1. The first-order chi connectivity index (χ1) is 9.23. The van der Waals surface area contributed by atoms with Gasteiger partial charge < -0.3 is 4.74 Å². The first-order valence-corrected chi connectivity index (χ1v) is 9.00. The minimum Gasteiger partial charge on any atom is -0.492 e. The van der Waals surface area contributed by atoms with Gasteiger partial charge >= 0.3 is 0 Å². The Morgan fingerprint density at radius 3 is 2.25 bits per heavy atom. The fourth-order valence-corrected chi connectivity index (χ4v) is 5.31. The average molecular weight is 404 g/mol. The van der Waals surface area contributed by atoms with Crippen molar-refractivity contribution in [1.29, 1.82) is 0 Å². The molecule has 3 heteroatoms. The first-order valence-electron chi connectivity index (χ1n) is 7.29. The van der Waals surface area contributed by atoms with E-state index in [2.05, 4.69) is 84.7 Å². The molecule has 0 saturated heterocycles. The van der Waals surface area contributed by atoms with E-state index in [1.165, 1.54) is 5.56 Å². The van der Waals surface area contributed by atoms with Crippen LogP contribution >= 0.6 is 31.9 Å².